The smallest absolute Gasteiger partial charge is 0.134 e. The molecule has 2 N–H and O–H groups in total. The van der Waals surface area contributed by atoms with Crippen molar-refractivity contribution in [3.8, 4) is 0 Å². The van der Waals surface area contributed by atoms with Gasteiger partial charge in [-0.05, 0) is 35.9 Å². The lowest BCUT2D eigenvalue weighted by Crippen LogP contribution is -2.30. The third-order valence-corrected chi connectivity index (χ3v) is 4.17. The van der Waals surface area contributed by atoms with E-state index in [-0.39, 0.29) is 0 Å². The lowest BCUT2D eigenvalue weighted by molar-refractivity contribution is 0.0552. The number of benzene rings is 2. The number of methoxy groups -OCH3 is 1. The molecule has 0 saturated carbocycles. The standard InChI is InChI=1S/C18H21N3O/c1-21(2)15-7-4-13(5-8-15)11-18(22-3)12-20-17-9-6-14(19)10-16(17)18/h4-10,12H,11,19H2,1-3H3. The normalized spacial score (nSPS) is 19.2. The SMILES string of the molecule is COC1(Cc2ccc(N(C)C)cc2)C=Nc2ccc(N)cc21. The van der Waals surface area contributed by atoms with E-state index in [0.29, 0.717) is 0 Å². The summed E-state index contributed by atoms with van der Waals surface area (Å²) in [5.41, 5.74) is 10.5. The zero-order valence-electron chi connectivity index (χ0n) is 13.2. The quantitative estimate of drug-likeness (QED) is 0.882. The fourth-order valence-electron chi connectivity index (χ4n) is 2.84. The fourth-order valence-corrected chi connectivity index (χ4v) is 2.84. The molecule has 0 aliphatic carbocycles. The molecule has 1 aliphatic heterocycles. The Labute approximate surface area is 131 Å². The molecular formula is C18H21N3O. The van der Waals surface area contributed by atoms with Crippen LogP contribution in [0.15, 0.2) is 47.5 Å². The van der Waals surface area contributed by atoms with Crippen LogP contribution in [-0.4, -0.2) is 27.4 Å². The van der Waals surface area contributed by atoms with E-state index in [2.05, 4.69) is 34.2 Å². The van der Waals surface area contributed by atoms with Gasteiger partial charge in [-0.3, -0.25) is 4.99 Å². The number of hydrogen-bond acceptors (Lipinski definition) is 4. The Kier molecular flexibility index (Phi) is 3.62. The third kappa shape index (κ3) is 2.46. The maximum Gasteiger partial charge on any atom is 0.134 e. The molecule has 4 nitrogen and oxygen atoms in total. The van der Waals surface area contributed by atoms with Crippen molar-refractivity contribution in [2.75, 3.05) is 31.8 Å². The molecule has 0 radical (unpaired) electrons. The second kappa shape index (κ2) is 5.46. The fraction of sp³-hybridized carbons (Fsp3) is 0.278. The summed E-state index contributed by atoms with van der Waals surface area (Å²) in [6, 6.07) is 14.3. The van der Waals surface area contributed by atoms with Crippen LogP contribution in [-0.2, 0) is 16.8 Å². The maximum absolute atomic E-state index is 5.94. The van der Waals surface area contributed by atoms with Gasteiger partial charge in [-0.15, -0.1) is 0 Å². The van der Waals surface area contributed by atoms with Crippen molar-refractivity contribution in [1.29, 1.82) is 0 Å². The van der Waals surface area contributed by atoms with Gasteiger partial charge in [-0.2, -0.15) is 0 Å². The molecule has 0 fully saturated rings. The second-order valence-electron chi connectivity index (χ2n) is 5.87. The number of rotatable bonds is 4. The van der Waals surface area contributed by atoms with E-state index in [1.54, 1.807) is 7.11 Å². The van der Waals surface area contributed by atoms with Crippen LogP contribution in [0.1, 0.15) is 11.1 Å². The summed E-state index contributed by atoms with van der Waals surface area (Å²) in [5.74, 6) is 0. The van der Waals surface area contributed by atoms with E-state index in [1.807, 2.05) is 38.5 Å². The van der Waals surface area contributed by atoms with E-state index in [0.717, 1.165) is 23.4 Å². The average Bonchev–Trinajstić information content (AvgIpc) is 2.86. The van der Waals surface area contributed by atoms with Gasteiger partial charge in [0, 0.05) is 50.8 Å². The molecular weight excluding hydrogens is 274 g/mol. The highest BCUT2D eigenvalue weighted by Gasteiger charge is 2.36. The Bertz CT molecular complexity index is 707. The van der Waals surface area contributed by atoms with Crippen LogP contribution in [0.25, 0.3) is 0 Å². The summed E-state index contributed by atoms with van der Waals surface area (Å²) in [4.78, 5) is 6.58. The molecule has 1 atom stereocenters. The molecule has 0 bridgehead atoms. The van der Waals surface area contributed by atoms with E-state index < -0.39 is 5.60 Å². The molecule has 2 aromatic rings. The summed E-state index contributed by atoms with van der Waals surface area (Å²) in [5, 5.41) is 0. The number of nitrogens with two attached hydrogens (primary N) is 1. The van der Waals surface area contributed by atoms with Crippen LogP contribution in [0.2, 0.25) is 0 Å². The lowest BCUT2D eigenvalue weighted by atomic mass is 9.88. The first-order valence-electron chi connectivity index (χ1n) is 7.31. The second-order valence-corrected chi connectivity index (χ2v) is 5.87. The van der Waals surface area contributed by atoms with Gasteiger partial charge in [-0.1, -0.05) is 12.1 Å². The Hall–Kier alpha value is -2.33. The molecule has 0 aromatic heterocycles. The van der Waals surface area contributed by atoms with Crippen molar-refractivity contribution >= 4 is 23.3 Å². The van der Waals surface area contributed by atoms with Crippen molar-refractivity contribution in [1.82, 2.24) is 0 Å². The minimum absolute atomic E-state index is 0.537. The van der Waals surface area contributed by atoms with Crippen molar-refractivity contribution in [2.45, 2.75) is 12.0 Å². The van der Waals surface area contributed by atoms with Gasteiger partial charge in [0.25, 0.3) is 0 Å². The van der Waals surface area contributed by atoms with E-state index in [1.165, 1.54) is 11.3 Å². The first-order valence-corrected chi connectivity index (χ1v) is 7.31. The lowest BCUT2D eigenvalue weighted by Gasteiger charge is -2.27. The molecule has 1 heterocycles. The Morgan fingerprint density at radius 1 is 1.14 bits per heavy atom. The van der Waals surface area contributed by atoms with Gasteiger partial charge < -0.3 is 15.4 Å². The van der Waals surface area contributed by atoms with Gasteiger partial charge >= 0.3 is 0 Å². The van der Waals surface area contributed by atoms with Gasteiger partial charge in [-0.25, -0.2) is 0 Å². The number of nitrogens with zero attached hydrogens (tertiary/aromatic N) is 2. The van der Waals surface area contributed by atoms with E-state index in [4.69, 9.17) is 10.5 Å². The number of anilines is 2. The van der Waals surface area contributed by atoms with Crippen LogP contribution >= 0.6 is 0 Å². The summed E-state index contributed by atoms with van der Waals surface area (Å²) in [7, 11) is 5.79. The highest BCUT2D eigenvalue weighted by Crippen LogP contribution is 2.40. The first kappa shape index (κ1) is 14.6. The van der Waals surface area contributed by atoms with Crippen molar-refractivity contribution < 1.29 is 4.74 Å². The largest absolute Gasteiger partial charge is 0.399 e. The number of fused-ring (bicyclic) bond motifs is 1. The third-order valence-electron chi connectivity index (χ3n) is 4.17. The molecule has 0 saturated heterocycles. The minimum atomic E-state index is -0.537. The molecule has 114 valence electrons. The van der Waals surface area contributed by atoms with E-state index in [9.17, 15) is 0 Å². The van der Waals surface area contributed by atoms with Crippen LogP contribution in [0.4, 0.5) is 17.1 Å². The van der Waals surface area contributed by atoms with Crippen molar-refractivity contribution in [3.05, 3.63) is 53.6 Å². The topological polar surface area (TPSA) is 50.8 Å². The maximum atomic E-state index is 5.94. The molecule has 1 unspecified atom stereocenters. The predicted molar refractivity (Wildman–Crippen MR) is 92.2 cm³/mol. The highest BCUT2D eigenvalue weighted by atomic mass is 16.5. The Morgan fingerprint density at radius 3 is 2.50 bits per heavy atom. The van der Waals surface area contributed by atoms with E-state index >= 15 is 0 Å². The summed E-state index contributed by atoms with van der Waals surface area (Å²) >= 11 is 0. The van der Waals surface area contributed by atoms with Gasteiger partial charge in [0.2, 0.25) is 0 Å². The highest BCUT2D eigenvalue weighted by molar-refractivity contribution is 5.85. The number of nitrogen functional groups attached to an aromatic ring is 1. The molecule has 3 rings (SSSR count). The molecule has 0 spiro atoms. The van der Waals surface area contributed by atoms with Crippen molar-refractivity contribution in [3.63, 3.8) is 0 Å². The Morgan fingerprint density at radius 2 is 1.86 bits per heavy atom. The van der Waals surface area contributed by atoms with Crippen LogP contribution < -0.4 is 10.6 Å². The number of aliphatic imine (C=N–C) groups is 1. The van der Waals surface area contributed by atoms with Gasteiger partial charge in [0.05, 0.1) is 5.69 Å². The van der Waals surface area contributed by atoms with Gasteiger partial charge in [0.15, 0.2) is 0 Å². The number of ether oxygens (including phenoxy) is 1. The predicted octanol–water partition coefficient (Wildman–Crippen LogP) is 3.14. The molecule has 4 heteroatoms. The van der Waals surface area contributed by atoms with Crippen LogP contribution in [0, 0.1) is 0 Å². The monoisotopic (exact) mass is 295 g/mol. The average molecular weight is 295 g/mol. The van der Waals surface area contributed by atoms with Gasteiger partial charge in [0.1, 0.15) is 5.60 Å². The molecule has 1 aliphatic rings. The van der Waals surface area contributed by atoms with Crippen molar-refractivity contribution in [2.24, 2.45) is 4.99 Å². The summed E-state index contributed by atoms with van der Waals surface area (Å²) < 4.78 is 5.85. The molecule has 22 heavy (non-hydrogen) atoms. The number of hydrogen-bond donors (Lipinski definition) is 1. The summed E-state index contributed by atoms with van der Waals surface area (Å²) in [6.45, 7) is 0. The molecule has 2 aromatic carbocycles. The Balaban J connectivity index is 1.93. The van der Waals surface area contributed by atoms with Crippen LogP contribution in [0.5, 0.6) is 0 Å². The molecule has 0 amide bonds. The first-order chi connectivity index (χ1) is 10.5. The summed E-state index contributed by atoms with van der Waals surface area (Å²) in [6.07, 6.45) is 2.62. The minimum Gasteiger partial charge on any atom is -0.399 e. The zero-order chi connectivity index (χ0) is 15.7. The van der Waals surface area contributed by atoms with Crippen LogP contribution in [0.3, 0.4) is 0 Å². The zero-order valence-corrected chi connectivity index (χ0v) is 13.2.